The first-order chi connectivity index (χ1) is 23.4. The van der Waals surface area contributed by atoms with Gasteiger partial charge >= 0.3 is 5.97 Å². The maximum Gasteiger partial charge on any atom is 0.336 e. The molecule has 9 heteroatoms. The Labute approximate surface area is 290 Å². The number of allylic oxidation sites excluding steroid dienone is 5. The minimum Gasteiger partial charge on any atom is -0.487 e. The fourth-order valence-corrected chi connectivity index (χ4v) is 11.6. The highest BCUT2D eigenvalue weighted by Gasteiger charge is 2.49. The number of nitrogens with zero attached hydrogens (tertiary/aromatic N) is 4. The van der Waals surface area contributed by atoms with Crippen LogP contribution in [0.3, 0.4) is 0 Å². The molecule has 2 aromatic carbocycles. The molecule has 2 N–H and O–H groups in total. The maximum atomic E-state index is 13.0. The fraction of sp³-hybridized carbons (Fsp3) is 0.400. The molecule has 8 nitrogen and oxygen atoms in total. The van der Waals surface area contributed by atoms with Crippen LogP contribution in [-0.4, -0.2) is 79.5 Å². The largest absolute Gasteiger partial charge is 0.487 e. The summed E-state index contributed by atoms with van der Waals surface area (Å²) in [4.78, 5) is 15.1. The van der Waals surface area contributed by atoms with E-state index >= 15 is 0 Å². The standard InChI is InChI=1S/C40H46N4O4Si/c1-23-26-15-16-27-28(33(27)21-45)17-18-29(26)34(42-41-23)22-48-35-10-8-9-32(40(46)47)39(35)38-30-13-11-24(43(2)3)19-36(30)49(6,7)37-20-25(44(4)5)12-14-31(37)38/h8-14,19-20,27-28,33,45H,15-18,21-22H2,1-7H3/p+1/t27-,28+,33-/m1/s1. The van der Waals surface area contributed by atoms with Crippen LogP contribution in [0.15, 0.2) is 65.4 Å². The third kappa shape index (κ3) is 5.66. The van der Waals surface area contributed by atoms with E-state index in [2.05, 4.69) is 97.4 Å². The zero-order valence-electron chi connectivity index (χ0n) is 29.7. The van der Waals surface area contributed by atoms with E-state index in [9.17, 15) is 15.0 Å². The van der Waals surface area contributed by atoms with Crippen molar-refractivity contribution < 1.29 is 24.3 Å². The summed E-state index contributed by atoms with van der Waals surface area (Å²) >= 11 is 0. The second-order valence-electron chi connectivity index (χ2n) is 15.0. The summed E-state index contributed by atoms with van der Waals surface area (Å²) in [6.45, 7) is 7.26. The van der Waals surface area contributed by atoms with Crippen molar-refractivity contribution in [2.45, 2.75) is 52.3 Å². The van der Waals surface area contributed by atoms with Gasteiger partial charge in [0.1, 0.15) is 40.2 Å². The monoisotopic (exact) mass is 675 g/mol. The Kier molecular flexibility index (Phi) is 8.47. The molecule has 4 aliphatic rings. The molecule has 3 aliphatic carbocycles. The first-order valence-electron chi connectivity index (χ1n) is 17.4. The average Bonchev–Trinajstić information content (AvgIpc) is 3.74. The number of carboxylic acids is 1. The van der Waals surface area contributed by atoms with Gasteiger partial charge in [-0.3, -0.25) is 0 Å². The molecule has 1 aromatic heterocycles. The molecule has 0 spiro atoms. The van der Waals surface area contributed by atoms with E-state index in [1.54, 1.807) is 12.1 Å². The zero-order valence-corrected chi connectivity index (χ0v) is 30.7. The molecule has 3 atom stereocenters. The predicted molar refractivity (Wildman–Crippen MR) is 197 cm³/mol. The van der Waals surface area contributed by atoms with Crippen molar-refractivity contribution in [2.75, 3.05) is 39.7 Å². The van der Waals surface area contributed by atoms with Gasteiger partial charge < -0.3 is 19.8 Å². The van der Waals surface area contributed by atoms with E-state index in [1.165, 1.54) is 21.5 Å². The van der Waals surface area contributed by atoms with Crippen LogP contribution < -0.4 is 14.8 Å². The Morgan fingerprint density at radius 2 is 1.78 bits per heavy atom. The lowest BCUT2D eigenvalue weighted by Crippen LogP contribution is -2.49. The summed E-state index contributed by atoms with van der Waals surface area (Å²) in [6.07, 6.45) is 10.5. The van der Waals surface area contributed by atoms with Crippen LogP contribution in [0.4, 0.5) is 5.69 Å². The molecule has 1 saturated carbocycles. The molecule has 3 aromatic rings. The quantitative estimate of drug-likeness (QED) is 0.258. The highest BCUT2D eigenvalue weighted by Crippen LogP contribution is 2.53. The topological polar surface area (TPSA) is 98.8 Å². The van der Waals surface area contributed by atoms with Gasteiger partial charge in [0.05, 0.1) is 11.3 Å². The average molecular weight is 676 g/mol. The number of aromatic carboxylic acids is 1. The molecule has 0 radical (unpaired) electrons. The van der Waals surface area contributed by atoms with Crippen molar-refractivity contribution in [1.82, 2.24) is 10.2 Å². The molecule has 49 heavy (non-hydrogen) atoms. The number of ether oxygens (including phenoxy) is 1. The SMILES string of the molecule is Cc1nnc(COc2cccc(C(=O)O)c2C2=C3C=CC(=[N+](C)C)C=C3[Si](C)(C)c3cc(N(C)C)ccc32)c2c1CC[C@H]1[C@@H](CO)[C@H]1CC2. The van der Waals surface area contributed by atoms with E-state index in [4.69, 9.17) is 4.74 Å². The van der Waals surface area contributed by atoms with Crippen LogP contribution in [0.1, 0.15) is 56.8 Å². The van der Waals surface area contributed by atoms with Crippen LogP contribution in [0.2, 0.25) is 13.1 Å². The molecule has 0 unspecified atom stereocenters. The van der Waals surface area contributed by atoms with Crippen molar-refractivity contribution in [3.63, 3.8) is 0 Å². The van der Waals surface area contributed by atoms with Crippen LogP contribution >= 0.6 is 0 Å². The lowest BCUT2D eigenvalue weighted by molar-refractivity contribution is -0.462. The smallest absolute Gasteiger partial charge is 0.336 e. The fourth-order valence-electron chi connectivity index (χ4n) is 8.55. The van der Waals surface area contributed by atoms with Crippen LogP contribution in [0.5, 0.6) is 5.75 Å². The summed E-state index contributed by atoms with van der Waals surface area (Å²) in [7, 11) is 5.98. The third-order valence-electron chi connectivity index (χ3n) is 11.4. The van der Waals surface area contributed by atoms with Gasteiger partial charge in [-0.15, -0.1) is 0 Å². The zero-order chi connectivity index (χ0) is 34.8. The summed E-state index contributed by atoms with van der Waals surface area (Å²) < 4.78 is 8.82. The number of hydrogen-bond acceptors (Lipinski definition) is 6. The van der Waals surface area contributed by atoms with Crippen molar-refractivity contribution in [3.05, 3.63) is 105 Å². The van der Waals surface area contributed by atoms with E-state index in [-0.39, 0.29) is 18.8 Å². The Morgan fingerprint density at radius 3 is 2.45 bits per heavy atom. The molecule has 254 valence electrons. The number of carbonyl (C=O) groups is 1. The second kappa shape index (κ2) is 12.5. The number of benzene rings is 2. The normalized spacial score (nSPS) is 21.8. The predicted octanol–water partition coefficient (Wildman–Crippen LogP) is 5.34. The van der Waals surface area contributed by atoms with Gasteiger partial charge in [-0.25, -0.2) is 9.37 Å². The van der Waals surface area contributed by atoms with Gasteiger partial charge in [0, 0.05) is 49.7 Å². The molecule has 2 heterocycles. The van der Waals surface area contributed by atoms with E-state index in [0.717, 1.165) is 65.2 Å². The minimum atomic E-state index is -2.23. The van der Waals surface area contributed by atoms with Gasteiger partial charge in [0.2, 0.25) is 0 Å². The van der Waals surface area contributed by atoms with Crippen LogP contribution in [-0.2, 0) is 19.4 Å². The number of aliphatic hydroxyl groups is 1. The number of carboxylic acid groups (broad SMARTS) is 1. The number of rotatable bonds is 7. The molecular formula is C40H47N4O4Si+. The van der Waals surface area contributed by atoms with Gasteiger partial charge in [0.15, 0.2) is 5.71 Å². The summed E-state index contributed by atoms with van der Waals surface area (Å²) in [5, 5.41) is 32.3. The number of fused-ring (bicyclic) bond motifs is 4. The number of aromatic nitrogens is 2. The van der Waals surface area contributed by atoms with E-state index in [1.807, 2.05) is 13.0 Å². The lowest BCUT2D eigenvalue weighted by atomic mass is 9.86. The van der Waals surface area contributed by atoms with Crippen LogP contribution in [0, 0.1) is 24.7 Å². The summed E-state index contributed by atoms with van der Waals surface area (Å²) in [5.41, 5.74) is 10.3. The van der Waals surface area contributed by atoms with Gasteiger partial charge in [-0.2, -0.15) is 10.2 Å². The number of hydrogen-bond donors (Lipinski definition) is 2. The van der Waals surface area contributed by atoms with E-state index in [0.29, 0.717) is 29.1 Å². The highest BCUT2D eigenvalue weighted by molar-refractivity contribution is 6.98. The second-order valence-corrected chi connectivity index (χ2v) is 19.3. The first kappa shape index (κ1) is 33.2. The Bertz CT molecular complexity index is 2000. The summed E-state index contributed by atoms with van der Waals surface area (Å²) in [5.74, 6) is 1.10. The molecular weight excluding hydrogens is 629 g/mol. The Hall–Kier alpha value is -4.34. The van der Waals surface area contributed by atoms with Crippen LogP contribution in [0.25, 0.3) is 5.57 Å². The molecule has 7 rings (SSSR count). The Balaban J connectivity index is 1.37. The van der Waals surface area contributed by atoms with Gasteiger partial charge in [-0.1, -0.05) is 25.2 Å². The van der Waals surface area contributed by atoms with Crippen molar-refractivity contribution in [2.24, 2.45) is 17.8 Å². The Morgan fingerprint density at radius 1 is 1.04 bits per heavy atom. The third-order valence-corrected chi connectivity index (χ3v) is 15.0. The highest BCUT2D eigenvalue weighted by atomic mass is 28.3. The number of anilines is 1. The number of aryl methyl sites for hydroxylation is 1. The molecule has 0 saturated heterocycles. The van der Waals surface area contributed by atoms with Gasteiger partial charge in [0.25, 0.3) is 0 Å². The molecule has 1 aliphatic heterocycles. The van der Waals surface area contributed by atoms with Gasteiger partial charge in [-0.05, 0) is 113 Å². The van der Waals surface area contributed by atoms with E-state index < -0.39 is 14.0 Å². The van der Waals surface area contributed by atoms with Crippen molar-refractivity contribution >= 4 is 36.2 Å². The molecule has 0 amide bonds. The summed E-state index contributed by atoms with van der Waals surface area (Å²) in [6, 6.07) is 11.9. The van der Waals surface area contributed by atoms with Crippen molar-refractivity contribution in [1.29, 1.82) is 0 Å². The molecule has 0 bridgehead atoms. The molecule has 1 fully saturated rings. The number of aliphatic hydroxyl groups excluding tert-OH is 1. The first-order valence-corrected chi connectivity index (χ1v) is 20.4. The maximum absolute atomic E-state index is 13.0. The van der Waals surface area contributed by atoms with Crippen molar-refractivity contribution in [3.8, 4) is 5.75 Å². The lowest BCUT2D eigenvalue weighted by Gasteiger charge is -2.38. The minimum absolute atomic E-state index is 0.190.